The molecular weight excluding hydrogens is 362 g/mol. The summed E-state index contributed by atoms with van der Waals surface area (Å²) in [6.07, 6.45) is 7.10. The lowest BCUT2D eigenvalue weighted by molar-refractivity contribution is 0.863. The zero-order valence-electron chi connectivity index (χ0n) is 15.7. The Morgan fingerprint density at radius 1 is 0.897 bits per heavy atom. The van der Waals surface area contributed by atoms with E-state index in [0.717, 1.165) is 39.2 Å². The van der Waals surface area contributed by atoms with Gasteiger partial charge in [0.1, 0.15) is 12.2 Å². The van der Waals surface area contributed by atoms with Gasteiger partial charge in [-0.2, -0.15) is 5.10 Å². The zero-order chi connectivity index (χ0) is 19.6. The van der Waals surface area contributed by atoms with Crippen molar-refractivity contribution in [3.05, 3.63) is 85.3 Å². The second-order valence-corrected chi connectivity index (χ2v) is 6.58. The molecule has 7 heteroatoms. The Labute approximate surface area is 167 Å². The Balaban J connectivity index is 1.46. The SMILES string of the molecule is Cc1ncn(-c2ccc(Nc3ncc4cccc(-c5ccncc5)c4n3)cc2)n1. The van der Waals surface area contributed by atoms with Gasteiger partial charge < -0.3 is 5.32 Å². The fourth-order valence-corrected chi connectivity index (χ4v) is 3.18. The summed E-state index contributed by atoms with van der Waals surface area (Å²) in [7, 11) is 0. The molecule has 0 radical (unpaired) electrons. The van der Waals surface area contributed by atoms with Crippen LogP contribution in [0.5, 0.6) is 0 Å². The summed E-state index contributed by atoms with van der Waals surface area (Å²) in [4.78, 5) is 17.5. The van der Waals surface area contributed by atoms with Crippen molar-refractivity contribution in [3.63, 3.8) is 0 Å². The van der Waals surface area contributed by atoms with Gasteiger partial charge in [0.2, 0.25) is 5.95 Å². The van der Waals surface area contributed by atoms with Crippen LogP contribution in [0.4, 0.5) is 11.6 Å². The molecule has 3 aromatic heterocycles. The van der Waals surface area contributed by atoms with Crippen molar-refractivity contribution in [1.82, 2.24) is 29.7 Å². The molecule has 0 aliphatic rings. The van der Waals surface area contributed by atoms with Crippen molar-refractivity contribution in [3.8, 4) is 16.8 Å². The third-order valence-corrected chi connectivity index (χ3v) is 4.60. The van der Waals surface area contributed by atoms with Gasteiger partial charge in [-0.1, -0.05) is 18.2 Å². The molecule has 0 atom stereocenters. The highest BCUT2D eigenvalue weighted by molar-refractivity contribution is 5.93. The minimum Gasteiger partial charge on any atom is -0.324 e. The molecule has 5 rings (SSSR count). The first-order valence-electron chi connectivity index (χ1n) is 9.18. The number of para-hydroxylation sites is 1. The molecule has 0 fully saturated rings. The van der Waals surface area contributed by atoms with Crippen molar-refractivity contribution in [2.24, 2.45) is 0 Å². The maximum atomic E-state index is 4.76. The number of pyridine rings is 1. The smallest absolute Gasteiger partial charge is 0.227 e. The molecular formula is C22H17N7. The highest BCUT2D eigenvalue weighted by Crippen LogP contribution is 2.27. The van der Waals surface area contributed by atoms with Crippen LogP contribution in [0.15, 0.2) is 79.5 Å². The quantitative estimate of drug-likeness (QED) is 0.501. The lowest BCUT2D eigenvalue weighted by Crippen LogP contribution is -1.99. The summed E-state index contributed by atoms with van der Waals surface area (Å²) in [5.74, 6) is 1.28. The average molecular weight is 379 g/mol. The highest BCUT2D eigenvalue weighted by Gasteiger charge is 2.08. The lowest BCUT2D eigenvalue weighted by atomic mass is 10.0. The van der Waals surface area contributed by atoms with Crippen LogP contribution in [0.25, 0.3) is 27.7 Å². The predicted molar refractivity (Wildman–Crippen MR) is 112 cm³/mol. The van der Waals surface area contributed by atoms with Gasteiger partial charge in [0.25, 0.3) is 0 Å². The van der Waals surface area contributed by atoms with Crippen LogP contribution in [-0.4, -0.2) is 29.7 Å². The van der Waals surface area contributed by atoms with Gasteiger partial charge in [0, 0.05) is 35.2 Å². The molecule has 5 aromatic rings. The van der Waals surface area contributed by atoms with Crippen molar-refractivity contribution in [2.45, 2.75) is 6.92 Å². The molecule has 0 amide bonds. The summed E-state index contributed by atoms with van der Waals surface area (Å²) in [6.45, 7) is 1.86. The van der Waals surface area contributed by atoms with E-state index in [-0.39, 0.29) is 0 Å². The summed E-state index contributed by atoms with van der Waals surface area (Å²) in [5.41, 5.74) is 4.85. The van der Waals surface area contributed by atoms with Gasteiger partial charge in [-0.3, -0.25) is 4.98 Å². The Hall–Kier alpha value is -4.13. The number of hydrogen-bond donors (Lipinski definition) is 1. The third kappa shape index (κ3) is 3.41. The first-order valence-corrected chi connectivity index (χ1v) is 9.18. The van der Waals surface area contributed by atoms with Gasteiger partial charge in [-0.15, -0.1) is 0 Å². The maximum absolute atomic E-state index is 4.76. The second-order valence-electron chi connectivity index (χ2n) is 6.58. The standard InChI is InChI=1S/C22H17N7/c1-15-25-14-29(28-15)19-7-5-18(6-8-19)26-22-24-13-17-3-2-4-20(21(17)27-22)16-9-11-23-12-10-16/h2-14H,1H3,(H,24,26,27). The number of hydrogen-bond acceptors (Lipinski definition) is 6. The van der Waals surface area contributed by atoms with Crippen LogP contribution in [0.1, 0.15) is 5.82 Å². The van der Waals surface area contributed by atoms with Gasteiger partial charge in [-0.25, -0.2) is 19.6 Å². The Kier molecular flexibility index (Phi) is 4.18. The molecule has 29 heavy (non-hydrogen) atoms. The van der Waals surface area contributed by atoms with E-state index in [2.05, 4.69) is 31.4 Å². The van der Waals surface area contributed by atoms with Crippen molar-refractivity contribution >= 4 is 22.5 Å². The van der Waals surface area contributed by atoms with Gasteiger partial charge in [0.15, 0.2) is 0 Å². The summed E-state index contributed by atoms with van der Waals surface area (Å²) in [5, 5.41) is 8.59. The fourth-order valence-electron chi connectivity index (χ4n) is 3.18. The molecule has 2 aromatic carbocycles. The Bertz CT molecular complexity index is 1280. The molecule has 0 unspecified atom stereocenters. The maximum Gasteiger partial charge on any atom is 0.227 e. The van der Waals surface area contributed by atoms with Crippen LogP contribution < -0.4 is 5.32 Å². The van der Waals surface area contributed by atoms with Crippen LogP contribution in [0.3, 0.4) is 0 Å². The van der Waals surface area contributed by atoms with Crippen LogP contribution in [-0.2, 0) is 0 Å². The first-order chi connectivity index (χ1) is 14.3. The molecule has 0 aliphatic carbocycles. The number of anilines is 2. The van der Waals surface area contributed by atoms with Crippen LogP contribution in [0.2, 0.25) is 0 Å². The minimum absolute atomic E-state index is 0.545. The number of benzene rings is 2. The molecule has 140 valence electrons. The molecule has 3 heterocycles. The number of rotatable bonds is 4. The number of fused-ring (bicyclic) bond motifs is 1. The van der Waals surface area contributed by atoms with Gasteiger partial charge in [0.05, 0.1) is 11.2 Å². The van der Waals surface area contributed by atoms with E-state index in [1.807, 2.05) is 61.7 Å². The summed E-state index contributed by atoms with van der Waals surface area (Å²) < 4.78 is 1.74. The zero-order valence-corrected chi connectivity index (χ0v) is 15.7. The van der Waals surface area contributed by atoms with E-state index in [9.17, 15) is 0 Å². The van der Waals surface area contributed by atoms with Crippen molar-refractivity contribution < 1.29 is 0 Å². The van der Waals surface area contributed by atoms with E-state index < -0.39 is 0 Å². The largest absolute Gasteiger partial charge is 0.324 e. The molecule has 7 nitrogen and oxygen atoms in total. The average Bonchev–Trinajstić information content (AvgIpc) is 3.21. The molecule has 0 saturated carbocycles. The van der Waals surface area contributed by atoms with Gasteiger partial charge in [-0.05, 0) is 48.9 Å². The molecule has 0 aliphatic heterocycles. The van der Waals surface area contributed by atoms with Crippen LogP contribution in [0, 0.1) is 6.92 Å². The normalized spacial score (nSPS) is 10.9. The number of nitrogens with one attached hydrogen (secondary N) is 1. The van der Waals surface area contributed by atoms with E-state index in [4.69, 9.17) is 4.98 Å². The van der Waals surface area contributed by atoms with Crippen LogP contribution >= 0.6 is 0 Å². The summed E-state index contributed by atoms with van der Waals surface area (Å²) >= 11 is 0. The molecule has 0 spiro atoms. The molecule has 1 N–H and O–H groups in total. The predicted octanol–water partition coefficient (Wildman–Crippen LogP) is 4.32. The molecule has 0 saturated heterocycles. The van der Waals surface area contributed by atoms with E-state index in [0.29, 0.717) is 5.95 Å². The first kappa shape index (κ1) is 17.0. The second kappa shape index (κ2) is 7.12. The van der Waals surface area contributed by atoms with E-state index >= 15 is 0 Å². The number of aryl methyl sites for hydroxylation is 1. The lowest BCUT2D eigenvalue weighted by Gasteiger charge is -2.09. The topological polar surface area (TPSA) is 81.4 Å². The third-order valence-electron chi connectivity index (χ3n) is 4.60. The minimum atomic E-state index is 0.545. The summed E-state index contributed by atoms with van der Waals surface area (Å²) in [6, 6.07) is 17.9. The Morgan fingerprint density at radius 2 is 1.72 bits per heavy atom. The monoisotopic (exact) mass is 379 g/mol. The van der Waals surface area contributed by atoms with Crippen molar-refractivity contribution in [1.29, 1.82) is 0 Å². The van der Waals surface area contributed by atoms with E-state index in [1.165, 1.54) is 0 Å². The fraction of sp³-hybridized carbons (Fsp3) is 0.0455. The Morgan fingerprint density at radius 3 is 2.48 bits per heavy atom. The molecule has 0 bridgehead atoms. The van der Waals surface area contributed by atoms with E-state index in [1.54, 1.807) is 23.4 Å². The number of nitrogens with zero attached hydrogens (tertiary/aromatic N) is 6. The number of aromatic nitrogens is 6. The highest BCUT2D eigenvalue weighted by atomic mass is 15.3. The van der Waals surface area contributed by atoms with Crippen molar-refractivity contribution in [2.75, 3.05) is 5.32 Å². The van der Waals surface area contributed by atoms with Gasteiger partial charge >= 0.3 is 0 Å².